The summed E-state index contributed by atoms with van der Waals surface area (Å²) in [4.78, 5) is 4.47. The molecule has 0 bridgehead atoms. The molecule has 0 aliphatic rings. The molecule has 1 aromatic heterocycles. The minimum Gasteiger partial charge on any atom is -0.327 e. The van der Waals surface area contributed by atoms with E-state index >= 15 is 0 Å². The molecule has 0 spiro atoms. The molecule has 0 radical (unpaired) electrons. The van der Waals surface area contributed by atoms with Gasteiger partial charge in [-0.25, -0.2) is 4.98 Å². The maximum Gasteiger partial charge on any atom is 0.150 e. The van der Waals surface area contributed by atoms with E-state index in [1.54, 1.807) is 11.3 Å². The molecule has 0 aliphatic heterocycles. The van der Waals surface area contributed by atoms with Crippen molar-refractivity contribution in [2.75, 3.05) is 0 Å². The van der Waals surface area contributed by atoms with E-state index in [1.165, 1.54) is 0 Å². The van der Waals surface area contributed by atoms with Crippen molar-refractivity contribution in [3.8, 4) is 0 Å². The number of rotatable bonds is 6. The number of hydrogen-bond acceptors (Lipinski definition) is 4. The van der Waals surface area contributed by atoms with Crippen molar-refractivity contribution in [3.63, 3.8) is 0 Å². The van der Waals surface area contributed by atoms with Crippen LogP contribution in [-0.4, -0.2) is 16.3 Å². The fourth-order valence-electron chi connectivity index (χ4n) is 1.51. The van der Waals surface area contributed by atoms with Crippen LogP contribution in [0.25, 0.3) is 0 Å². The fraction of sp³-hybridized carbons (Fsp3) is 0.727. The van der Waals surface area contributed by atoms with Crippen LogP contribution in [0.1, 0.15) is 38.8 Å². The second kappa shape index (κ2) is 6.51. The highest BCUT2D eigenvalue weighted by molar-refractivity contribution is 8.01. The summed E-state index contributed by atoms with van der Waals surface area (Å²) in [5.74, 6) is 0. The summed E-state index contributed by atoms with van der Waals surface area (Å²) in [6.45, 7) is 6.42. The van der Waals surface area contributed by atoms with Crippen molar-refractivity contribution < 1.29 is 0 Å². The molecule has 0 fully saturated rings. The molecule has 1 heterocycles. The molecule has 0 aromatic carbocycles. The third kappa shape index (κ3) is 4.13. The van der Waals surface area contributed by atoms with E-state index in [9.17, 15) is 0 Å². The van der Waals surface area contributed by atoms with Crippen molar-refractivity contribution in [1.82, 2.24) is 4.98 Å². The number of thioether (sulfide) groups is 1. The second-order valence-electron chi connectivity index (χ2n) is 3.77. The van der Waals surface area contributed by atoms with Gasteiger partial charge in [-0.15, -0.1) is 11.3 Å². The summed E-state index contributed by atoms with van der Waals surface area (Å²) >= 11 is 3.57. The average molecular weight is 244 g/mol. The van der Waals surface area contributed by atoms with Crippen LogP contribution >= 0.6 is 23.1 Å². The van der Waals surface area contributed by atoms with Crippen LogP contribution in [0.2, 0.25) is 0 Å². The summed E-state index contributed by atoms with van der Waals surface area (Å²) in [5.41, 5.74) is 7.26. The Kier molecular flexibility index (Phi) is 5.64. The highest BCUT2D eigenvalue weighted by Crippen LogP contribution is 2.30. The predicted molar refractivity (Wildman–Crippen MR) is 69.7 cm³/mol. The Morgan fingerprint density at radius 3 is 2.73 bits per heavy atom. The highest BCUT2D eigenvalue weighted by Gasteiger charge is 2.17. The Hall–Kier alpha value is -0.0600. The summed E-state index contributed by atoms with van der Waals surface area (Å²) in [7, 11) is 0. The summed E-state index contributed by atoms with van der Waals surface area (Å²) in [6, 6.07) is 0.300. The second-order valence-corrected chi connectivity index (χ2v) is 6.12. The third-order valence-corrected chi connectivity index (χ3v) is 4.96. The highest BCUT2D eigenvalue weighted by atomic mass is 32.2. The Bertz CT molecular complexity index is 286. The SMILES string of the molecule is CCCC(N)C(CC)Sc1nc(C)cs1. The van der Waals surface area contributed by atoms with Crippen LogP contribution in [0, 0.1) is 6.92 Å². The van der Waals surface area contributed by atoms with Gasteiger partial charge in [-0.05, 0) is 19.8 Å². The van der Waals surface area contributed by atoms with Crippen molar-refractivity contribution >= 4 is 23.1 Å². The van der Waals surface area contributed by atoms with E-state index in [2.05, 4.69) is 24.2 Å². The first-order valence-electron chi connectivity index (χ1n) is 5.51. The largest absolute Gasteiger partial charge is 0.327 e. The van der Waals surface area contributed by atoms with E-state index in [-0.39, 0.29) is 0 Å². The van der Waals surface area contributed by atoms with E-state index in [0.29, 0.717) is 11.3 Å². The van der Waals surface area contributed by atoms with Crippen LogP contribution < -0.4 is 5.73 Å². The van der Waals surface area contributed by atoms with Gasteiger partial charge in [0.1, 0.15) is 4.34 Å². The van der Waals surface area contributed by atoms with Crippen LogP contribution in [0.5, 0.6) is 0 Å². The smallest absolute Gasteiger partial charge is 0.150 e. The molecular formula is C11H20N2S2. The van der Waals surface area contributed by atoms with Crippen molar-refractivity contribution in [2.24, 2.45) is 5.73 Å². The molecule has 15 heavy (non-hydrogen) atoms. The lowest BCUT2D eigenvalue weighted by Gasteiger charge is -2.20. The minimum absolute atomic E-state index is 0.300. The maximum atomic E-state index is 6.15. The first-order valence-corrected chi connectivity index (χ1v) is 7.27. The molecule has 1 aromatic rings. The lowest BCUT2D eigenvalue weighted by atomic mass is 10.1. The molecule has 0 aliphatic carbocycles. The van der Waals surface area contributed by atoms with Gasteiger partial charge in [0, 0.05) is 22.4 Å². The summed E-state index contributed by atoms with van der Waals surface area (Å²) in [6.07, 6.45) is 3.38. The van der Waals surface area contributed by atoms with Crippen LogP contribution in [0.15, 0.2) is 9.72 Å². The zero-order valence-electron chi connectivity index (χ0n) is 9.69. The molecule has 0 amide bonds. The predicted octanol–water partition coefficient (Wildman–Crippen LogP) is 3.45. The van der Waals surface area contributed by atoms with E-state index < -0.39 is 0 Å². The Morgan fingerprint density at radius 2 is 2.27 bits per heavy atom. The molecule has 0 saturated heterocycles. The van der Waals surface area contributed by atoms with Gasteiger partial charge in [-0.3, -0.25) is 0 Å². The number of aryl methyl sites for hydroxylation is 1. The molecule has 86 valence electrons. The average Bonchev–Trinajstić information content (AvgIpc) is 2.61. The first kappa shape index (κ1) is 13.0. The van der Waals surface area contributed by atoms with Gasteiger partial charge in [-0.2, -0.15) is 0 Å². The van der Waals surface area contributed by atoms with E-state index in [4.69, 9.17) is 5.73 Å². The monoisotopic (exact) mass is 244 g/mol. The van der Waals surface area contributed by atoms with Gasteiger partial charge >= 0.3 is 0 Å². The number of aromatic nitrogens is 1. The number of nitrogens with zero attached hydrogens (tertiary/aromatic N) is 1. The molecule has 2 atom stereocenters. The normalized spacial score (nSPS) is 15.2. The number of hydrogen-bond donors (Lipinski definition) is 1. The molecule has 2 unspecified atom stereocenters. The van der Waals surface area contributed by atoms with Crippen LogP contribution in [-0.2, 0) is 0 Å². The lowest BCUT2D eigenvalue weighted by molar-refractivity contribution is 0.566. The Balaban J connectivity index is 2.53. The minimum atomic E-state index is 0.300. The molecule has 0 saturated carbocycles. The first-order chi connectivity index (χ1) is 7.17. The Labute approximate surface area is 101 Å². The Morgan fingerprint density at radius 1 is 1.53 bits per heavy atom. The van der Waals surface area contributed by atoms with Crippen LogP contribution in [0.4, 0.5) is 0 Å². The quantitative estimate of drug-likeness (QED) is 0.779. The van der Waals surface area contributed by atoms with Crippen LogP contribution in [0.3, 0.4) is 0 Å². The lowest BCUT2D eigenvalue weighted by Crippen LogP contribution is -2.31. The fourth-order valence-corrected chi connectivity index (χ4v) is 3.70. The zero-order valence-corrected chi connectivity index (χ0v) is 11.3. The zero-order chi connectivity index (χ0) is 11.3. The van der Waals surface area contributed by atoms with E-state index in [0.717, 1.165) is 29.3 Å². The number of nitrogens with two attached hydrogens (primary N) is 1. The third-order valence-electron chi connectivity index (χ3n) is 2.35. The van der Waals surface area contributed by atoms with Crippen molar-refractivity contribution in [2.45, 2.75) is 55.7 Å². The molecule has 4 heteroatoms. The van der Waals surface area contributed by atoms with E-state index in [1.807, 2.05) is 18.7 Å². The van der Waals surface area contributed by atoms with Gasteiger partial charge in [0.05, 0.1) is 0 Å². The standard InChI is InChI=1S/C11H20N2S2/c1-4-6-9(12)10(5-2)15-11-13-8(3)7-14-11/h7,9-10H,4-6,12H2,1-3H3. The molecule has 2 nitrogen and oxygen atoms in total. The summed E-state index contributed by atoms with van der Waals surface area (Å²) < 4.78 is 1.16. The van der Waals surface area contributed by atoms with Crippen molar-refractivity contribution in [3.05, 3.63) is 11.1 Å². The van der Waals surface area contributed by atoms with Gasteiger partial charge < -0.3 is 5.73 Å². The van der Waals surface area contributed by atoms with Gasteiger partial charge in [0.15, 0.2) is 0 Å². The summed E-state index contributed by atoms with van der Waals surface area (Å²) in [5, 5.41) is 2.61. The number of thiazole rings is 1. The van der Waals surface area contributed by atoms with Gasteiger partial charge in [-0.1, -0.05) is 32.0 Å². The van der Waals surface area contributed by atoms with Crippen molar-refractivity contribution in [1.29, 1.82) is 0 Å². The maximum absolute atomic E-state index is 6.15. The molecular weight excluding hydrogens is 224 g/mol. The van der Waals surface area contributed by atoms with Gasteiger partial charge in [0.2, 0.25) is 0 Å². The van der Waals surface area contributed by atoms with Gasteiger partial charge in [0.25, 0.3) is 0 Å². The molecule has 1 rings (SSSR count). The molecule has 2 N–H and O–H groups in total. The topological polar surface area (TPSA) is 38.9 Å².